The maximum Gasteiger partial charge on any atom is 0.340 e. The van der Waals surface area contributed by atoms with Crippen molar-refractivity contribution in [2.75, 3.05) is 7.11 Å². The van der Waals surface area contributed by atoms with E-state index in [0.717, 1.165) is 14.9 Å². The highest BCUT2D eigenvalue weighted by atomic mass is 32.2. The molecule has 5 aromatic rings. The van der Waals surface area contributed by atoms with Crippen LogP contribution in [0.25, 0.3) is 33.2 Å². The number of aromatic nitrogens is 1. The zero-order valence-electron chi connectivity index (χ0n) is 17.4. The molecule has 2 heterocycles. The number of nitrogens with zero attached hydrogens (tertiary/aromatic N) is 1. The van der Waals surface area contributed by atoms with E-state index in [-0.39, 0.29) is 16.0 Å². The first kappa shape index (κ1) is 20.1. The monoisotopic (exact) mass is 445 g/mol. The minimum Gasteiger partial charge on any atom is -0.465 e. The van der Waals surface area contributed by atoms with Crippen LogP contribution < -0.4 is 0 Å². The number of esters is 1. The average molecular weight is 445 g/mol. The number of para-hydroxylation sites is 2. The van der Waals surface area contributed by atoms with Crippen LogP contribution in [0.3, 0.4) is 0 Å². The molecule has 3 aromatic carbocycles. The van der Waals surface area contributed by atoms with Crippen molar-refractivity contribution in [2.45, 2.75) is 11.8 Å². The Hall–Kier alpha value is -3.84. The first-order valence-electron chi connectivity index (χ1n) is 9.94. The van der Waals surface area contributed by atoms with E-state index in [0.29, 0.717) is 22.3 Å². The Balaban J connectivity index is 1.84. The Morgan fingerprint density at radius 3 is 2.44 bits per heavy atom. The summed E-state index contributed by atoms with van der Waals surface area (Å²) in [4.78, 5) is 12.6. The maximum absolute atomic E-state index is 13.6. The Morgan fingerprint density at radius 1 is 0.969 bits per heavy atom. The summed E-state index contributed by atoms with van der Waals surface area (Å²) in [5.41, 5.74) is 2.60. The highest BCUT2D eigenvalue weighted by molar-refractivity contribution is 7.90. The third-order valence-electron chi connectivity index (χ3n) is 5.47. The summed E-state index contributed by atoms with van der Waals surface area (Å²) in [6, 6.07) is 21.0. The van der Waals surface area contributed by atoms with Gasteiger partial charge in [0.05, 0.1) is 23.1 Å². The molecule has 0 saturated heterocycles. The van der Waals surface area contributed by atoms with Crippen molar-refractivity contribution < 1.29 is 22.4 Å². The van der Waals surface area contributed by atoms with Gasteiger partial charge in [0.1, 0.15) is 11.3 Å². The van der Waals surface area contributed by atoms with E-state index in [2.05, 4.69) is 0 Å². The van der Waals surface area contributed by atoms with E-state index < -0.39 is 16.0 Å². The second-order valence-corrected chi connectivity index (χ2v) is 9.31. The topological polar surface area (TPSA) is 78.5 Å². The van der Waals surface area contributed by atoms with E-state index in [4.69, 9.17) is 9.15 Å². The van der Waals surface area contributed by atoms with Crippen molar-refractivity contribution in [3.8, 4) is 11.3 Å². The van der Waals surface area contributed by atoms with E-state index in [1.807, 2.05) is 37.3 Å². The number of fused-ring (bicyclic) bond motifs is 2. The molecule has 0 N–H and O–H groups in total. The standard InChI is InChI=1S/C25H19NO5S/c1-16-10-12-18(13-11-16)32(28,29)26-15-21(23-14-17-6-3-4-9-22(17)31-23)19-7-5-8-20(24(19)26)25(27)30-2/h3-15H,1-2H3. The van der Waals surface area contributed by atoms with Gasteiger partial charge in [-0.05, 0) is 37.3 Å². The van der Waals surface area contributed by atoms with E-state index in [9.17, 15) is 13.2 Å². The first-order chi connectivity index (χ1) is 15.4. The summed E-state index contributed by atoms with van der Waals surface area (Å²) >= 11 is 0. The lowest BCUT2D eigenvalue weighted by Crippen LogP contribution is -2.14. The lowest BCUT2D eigenvalue weighted by atomic mass is 10.1. The van der Waals surface area contributed by atoms with Crippen LogP contribution in [0, 0.1) is 6.92 Å². The summed E-state index contributed by atoms with van der Waals surface area (Å²) in [5.74, 6) is -0.110. The van der Waals surface area contributed by atoms with Crippen molar-refractivity contribution in [1.82, 2.24) is 3.97 Å². The highest BCUT2D eigenvalue weighted by Gasteiger charge is 2.26. The fraction of sp³-hybridized carbons (Fsp3) is 0.0800. The zero-order chi connectivity index (χ0) is 22.5. The fourth-order valence-electron chi connectivity index (χ4n) is 3.85. The summed E-state index contributed by atoms with van der Waals surface area (Å²) in [5, 5.41) is 1.47. The Kier molecular flexibility index (Phi) is 4.64. The maximum atomic E-state index is 13.6. The lowest BCUT2D eigenvalue weighted by Gasteiger charge is -2.10. The number of hydrogen-bond donors (Lipinski definition) is 0. The molecule has 0 aliphatic rings. The molecule has 0 aliphatic heterocycles. The van der Waals surface area contributed by atoms with Crippen molar-refractivity contribution >= 4 is 37.9 Å². The van der Waals surface area contributed by atoms with Gasteiger partial charge in [-0.15, -0.1) is 0 Å². The number of carbonyl (C=O) groups is 1. The van der Waals surface area contributed by atoms with Crippen molar-refractivity contribution in [3.63, 3.8) is 0 Å². The van der Waals surface area contributed by atoms with E-state index >= 15 is 0 Å². The largest absolute Gasteiger partial charge is 0.465 e. The van der Waals surface area contributed by atoms with Crippen molar-refractivity contribution in [1.29, 1.82) is 0 Å². The van der Waals surface area contributed by atoms with Gasteiger partial charge >= 0.3 is 5.97 Å². The molecular weight excluding hydrogens is 426 g/mol. The zero-order valence-corrected chi connectivity index (χ0v) is 18.2. The summed E-state index contributed by atoms with van der Waals surface area (Å²) in [6.07, 6.45) is 1.50. The quantitative estimate of drug-likeness (QED) is 0.347. The Bertz CT molecular complexity index is 1560. The fourth-order valence-corrected chi connectivity index (χ4v) is 5.24. The van der Waals surface area contributed by atoms with Gasteiger partial charge < -0.3 is 9.15 Å². The second-order valence-electron chi connectivity index (χ2n) is 7.50. The van der Waals surface area contributed by atoms with Crippen LogP contribution in [-0.2, 0) is 14.8 Å². The normalized spacial score (nSPS) is 11.8. The minimum atomic E-state index is -4.00. The van der Waals surface area contributed by atoms with Gasteiger partial charge in [-0.1, -0.05) is 48.0 Å². The molecule has 0 unspecified atom stereocenters. The number of furan rings is 1. The van der Waals surface area contributed by atoms with E-state index in [1.54, 1.807) is 42.5 Å². The Labute approximate surface area is 184 Å². The molecule has 2 aromatic heterocycles. The average Bonchev–Trinajstić information content (AvgIpc) is 3.40. The lowest BCUT2D eigenvalue weighted by molar-refractivity contribution is 0.0602. The smallest absolute Gasteiger partial charge is 0.340 e. The third-order valence-corrected chi connectivity index (χ3v) is 7.14. The molecule has 0 bridgehead atoms. The SMILES string of the molecule is COC(=O)c1cccc2c(-c3cc4ccccc4o3)cn(S(=O)(=O)c3ccc(C)cc3)c12. The summed E-state index contributed by atoms with van der Waals surface area (Å²) in [7, 11) is -2.73. The molecule has 0 spiro atoms. The number of carbonyl (C=O) groups excluding carboxylic acids is 1. The summed E-state index contributed by atoms with van der Waals surface area (Å²) < 4.78 is 39.3. The van der Waals surface area contributed by atoms with Gasteiger partial charge in [0, 0.05) is 22.5 Å². The molecule has 0 aliphatic carbocycles. The van der Waals surface area contributed by atoms with Gasteiger partial charge in [-0.2, -0.15) is 0 Å². The van der Waals surface area contributed by atoms with Gasteiger partial charge in [0.25, 0.3) is 10.0 Å². The minimum absolute atomic E-state index is 0.121. The molecular formula is C25H19NO5S. The van der Waals surface area contributed by atoms with Crippen LogP contribution in [-0.4, -0.2) is 25.5 Å². The van der Waals surface area contributed by atoms with Crippen LogP contribution in [0.15, 0.2) is 88.3 Å². The third kappa shape index (κ3) is 3.09. The van der Waals surface area contributed by atoms with Crippen LogP contribution in [0.1, 0.15) is 15.9 Å². The molecule has 0 fully saturated rings. The number of methoxy groups -OCH3 is 1. The van der Waals surface area contributed by atoms with Crippen LogP contribution in [0.5, 0.6) is 0 Å². The second kappa shape index (κ2) is 7.39. The molecule has 0 radical (unpaired) electrons. The molecule has 0 amide bonds. The van der Waals surface area contributed by atoms with Crippen LogP contribution in [0.2, 0.25) is 0 Å². The highest BCUT2D eigenvalue weighted by Crippen LogP contribution is 2.37. The number of rotatable bonds is 4. The Morgan fingerprint density at radius 2 is 1.72 bits per heavy atom. The van der Waals surface area contributed by atoms with Gasteiger partial charge in [-0.3, -0.25) is 0 Å². The molecule has 160 valence electrons. The first-order valence-corrected chi connectivity index (χ1v) is 11.4. The summed E-state index contributed by atoms with van der Waals surface area (Å²) in [6.45, 7) is 1.89. The predicted octanol–water partition coefficient (Wildman–Crippen LogP) is 5.39. The van der Waals surface area contributed by atoms with E-state index in [1.165, 1.54) is 13.3 Å². The van der Waals surface area contributed by atoms with Crippen molar-refractivity contribution in [2.24, 2.45) is 0 Å². The molecule has 7 heteroatoms. The molecule has 5 rings (SSSR count). The number of ether oxygens (including phenoxy) is 1. The number of benzene rings is 3. The van der Waals surface area contributed by atoms with Gasteiger partial charge in [0.15, 0.2) is 0 Å². The molecule has 6 nitrogen and oxygen atoms in total. The van der Waals surface area contributed by atoms with Gasteiger partial charge in [-0.25, -0.2) is 17.2 Å². The molecule has 0 saturated carbocycles. The predicted molar refractivity (Wildman–Crippen MR) is 122 cm³/mol. The van der Waals surface area contributed by atoms with Crippen molar-refractivity contribution in [3.05, 3.63) is 90.1 Å². The van der Waals surface area contributed by atoms with Gasteiger partial charge in [0.2, 0.25) is 0 Å². The number of hydrogen-bond acceptors (Lipinski definition) is 5. The van der Waals surface area contributed by atoms with Crippen LogP contribution in [0.4, 0.5) is 0 Å². The molecule has 0 atom stereocenters. The number of aryl methyl sites for hydroxylation is 1. The molecule has 32 heavy (non-hydrogen) atoms. The van der Waals surface area contributed by atoms with Crippen LogP contribution >= 0.6 is 0 Å².